The zero-order chi connectivity index (χ0) is 23.9. The van der Waals surface area contributed by atoms with E-state index in [1.807, 2.05) is 23.0 Å². The van der Waals surface area contributed by atoms with Gasteiger partial charge in [-0.2, -0.15) is 5.10 Å². The third-order valence-electron chi connectivity index (χ3n) is 5.88. The van der Waals surface area contributed by atoms with Gasteiger partial charge in [0.05, 0.1) is 6.54 Å². The average molecular weight is 458 g/mol. The Morgan fingerprint density at radius 3 is 2.18 bits per heavy atom. The van der Waals surface area contributed by atoms with Crippen LogP contribution in [0.1, 0.15) is 18.0 Å². The Labute approximate surface area is 198 Å². The maximum absolute atomic E-state index is 13.4. The van der Waals surface area contributed by atoms with E-state index in [1.54, 1.807) is 24.3 Å². The first-order chi connectivity index (χ1) is 16.7. The Balaban J connectivity index is 0.00000133. The molecule has 4 aromatic rings. The number of halogens is 2. The molecule has 1 unspecified atom stereocenters. The highest BCUT2D eigenvalue weighted by Gasteiger charge is 2.25. The van der Waals surface area contributed by atoms with Gasteiger partial charge in [0.15, 0.2) is 11.6 Å². The third kappa shape index (κ3) is 5.36. The largest absolute Gasteiger partial charge is 0.301 e. The zero-order valence-corrected chi connectivity index (χ0v) is 18.7. The number of pyridine rings is 1. The highest BCUT2D eigenvalue weighted by Crippen LogP contribution is 2.26. The van der Waals surface area contributed by atoms with Crippen molar-refractivity contribution in [3.8, 4) is 35.6 Å². The lowest BCUT2D eigenvalue weighted by Crippen LogP contribution is -2.25. The molecule has 5 rings (SSSR count). The van der Waals surface area contributed by atoms with Gasteiger partial charge in [0, 0.05) is 42.0 Å². The second-order valence-corrected chi connectivity index (χ2v) is 8.04. The van der Waals surface area contributed by atoms with Gasteiger partial charge in [-0.25, -0.2) is 18.4 Å². The van der Waals surface area contributed by atoms with Crippen LogP contribution < -0.4 is 0 Å². The predicted octanol–water partition coefficient (Wildman–Crippen LogP) is 5.02. The minimum absolute atomic E-state index is 0.295. The van der Waals surface area contributed by atoms with Gasteiger partial charge < -0.3 is 4.90 Å². The molecule has 0 N–H and O–H groups in total. The first-order valence-electron chi connectivity index (χ1n) is 11.1. The number of likely N-dealkylation sites (tertiary alicyclic amines) is 1. The molecule has 1 aliphatic heterocycles. The molecule has 1 atom stereocenters. The molecule has 0 saturated carbocycles. The maximum Gasteiger partial charge on any atom is 0.181 e. The number of aromatic nitrogens is 4. The van der Waals surface area contributed by atoms with E-state index in [0.29, 0.717) is 24.1 Å². The molecule has 0 radical (unpaired) electrons. The van der Waals surface area contributed by atoms with Crippen molar-refractivity contribution >= 4 is 0 Å². The van der Waals surface area contributed by atoms with Crippen LogP contribution in [-0.2, 0) is 6.54 Å². The van der Waals surface area contributed by atoms with E-state index in [4.69, 9.17) is 10.1 Å². The first-order valence-corrected chi connectivity index (χ1v) is 11.1. The quantitative estimate of drug-likeness (QED) is 0.381. The van der Waals surface area contributed by atoms with Crippen LogP contribution in [-0.4, -0.2) is 44.3 Å². The van der Waals surface area contributed by atoms with Crippen LogP contribution in [0.2, 0.25) is 0 Å². The van der Waals surface area contributed by atoms with E-state index in [2.05, 4.69) is 28.8 Å². The van der Waals surface area contributed by atoms with Crippen LogP contribution in [0.5, 0.6) is 0 Å². The summed E-state index contributed by atoms with van der Waals surface area (Å²) in [6, 6.07) is 18.5. The standard InChI is InChI=1S/C25H23F2N5.C2H2/c26-21-8-4-18(5-9-21)24-29-25(19-6-10-22(27)11-7-19)32(30-24)16-15-31-14-12-20(17-31)23-3-1-2-13-28-23;1-2/h1-11,13,20H,12,14-17H2;1-2H. The summed E-state index contributed by atoms with van der Waals surface area (Å²) in [4.78, 5) is 11.6. The third-order valence-corrected chi connectivity index (χ3v) is 5.88. The summed E-state index contributed by atoms with van der Waals surface area (Å²) in [5.74, 6) is 1.04. The summed E-state index contributed by atoms with van der Waals surface area (Å²) in [7, 11) is 0. The Hall–Kier alpha value is -3.89. The molecule has 172 valence electrons. The molecular formula is C27H25F2N5. The van der Waals surface area contributed by atoms with Gasteiger partial charge >= 0.3 is 0 Å². The number of benzene rings is 2. The van der Waals surface area contributed by atoms with Crippen molar-refractivity contribution in [2.24, 2.45) is 0 Å². The zero-order valence-electron chi connectivity index (χ0n) is 18.7. The van der Waals surface area contributed by atoms with Crippen molar-refractivity contribution in [1.29, 1.82) is 0 Å². The molecule has 5 nitrogen and oxygen atoms in total. The average Bonchev–Trinajstić information content (AvgIpc) is 3.53. The summed E-state index contributed by atoms with van der Waals surface area (Å²) < 4.78 is 28.7. The molecule has 7 heteroatoms. The van der Waals surface area contributed by atoms with Gasteiger partial charge in [0.2, 0.25) is 0 Å². The lowest BCUT2D eigenvalue weighted by atomic mass is 10.0. The highest BCUT2D eigenvalue weighted by molar-refractivity contribution is 5.61. The Kier molecular flexibility index (Phi) is 7.41. The Morgan fingerprint density at radius 1 is 0.853 bits per heavy atom. The summed E-state index contributed by atoms with van der Waals surface area (Å²) >= 11 is 0. The molecule has 2 aromatic heterocycles. The summed E-state index contributed by atoms with van der Waals surface area (Å²) in [5, 5.41) is 4.70. The minimum atomic E-state index is -0.302. The number of hydrogen-bond donors (Lipinski definition) is 0. The van der Waals surface area contributed by atoms with Gasteiger partial charge in [-0.3, -0.25) is 4.98 Å². The van der Waals surface area contributed by atoms with Crippen LogP contribution in [0.4, 0.5) is 8.78 Å². The molecule has 0 amide bonds. The SMILES string of the molecule is C#C.Fc1ccc(-c2nc(-c3ccc(F)cc3)n(CCN3CCC(c4ccccn4)C3)n2)cc1. The molecule has 1 saturated heterocycles. The molecular weight excluding hydrogens is 432 g/mol. The van der Waals surface area contributed by atoms with E-state index in [-0.39, 0.29) is 11.6 Å². The predicted molar refractivity (Wildman–Crippen MR) is 129 cm³/mol. The Morgan fingerprint density at radius 2 is 1.53 bits per heavy atom. The smallest absolute Gasteiger partial charge is 0.181 e. The molecule has 3 heterocycles. The first kappa shape index (κ1) is 23.3. The van der Waals surface area contributed by atoms with Crippen molar-refractivity contribution in [1.82, 2.24) is 24.6 Å². The number of nitrogens with zero attached hydrogens (tertiary/aromatic N) is 5. The molecule has 0 bridgehead atoms. The van der Waals surface area contributed by atoms with Crippen molar-refractivity contribution in [3.63, 3.8) is 0 Å². The van der Waals surface area contributed by atoms with Crippen LogP contribution in [0.3, 0.4) is 0 Å². The van der Waals surface area contributed by atoms with E-state index >= 15 is 0 Å². The van der Waals surface area contributed by atoms with E-state index in [1.165, 1.54) is 24.3 Å². The fraction of sp³-hybridized carbons (Fsp3) is 0.222. The van der Waals surface area contributed by atoms with Crippen LogP contribution in [0, 0.1) is 24.5 Å². The number of terminal acetylenes is 1. The fourth-order valence-corrected chi connectivity index (χ4v) is 4.16. The lowest BCUT2D eigenvalue weighted by Gasteiger charge is -2.16. The van der Waals surface area contributed by atoms with Gasteiger partial charge in [0.1, 0.15) is 11.6 Å². The second-order valence-electron chi connectivity index (χ2n) is 8.04. The van der Waals surface area contributed by atoms with Gasteiger partial charge in [-0.15, -0.1) is 12.8 Å². The van der Waals surface area contributed by atoms with Gasteiger partial charge in [-0.05, 0) is 73.6 Å². The van der Waals surface area contributed by atoms with Crippen LogP contribution >= 0.6 is 0 Å². The Bertz CT molecular complexity index is 1220. The van der Waals surface area contributed by atoms with Crippen molar-refractivity contribution < 1.29 is 8.78 Å². The molecule has 2 aromatic carbocycles. The van der Waals surface area contributed by atoms with Crippen molar-refractivity contribution in [3.05, 3.63) is 90.3 Å². The van der Waals surface area contributed by atoms with Gasteiger partial charge in [-0.1, -0.05) is 6.07 Å². The topological polar surface area (TPSA) is 46.8 Å². The maximum atomic E-state index is 13.4. The molecule has 0 aliphatic carbocycles. The van der Waals surface area contributed by atoms with Crippen LogP contribution in [0.25, 0.3) is 22.8 Å². The summed E-state index contributed by atoms with van der Waals surface area (Å²) in [6.07, 6.45) is 10.9. The van der Waals surface area contributed by atoms with E-state index < -0.39 is 0 Å². The molecule has 1 fully saturated rings. The normalized spacial score (nSPS) is 15.6. The lowest BCUT2D eigenvalue weighted by molar-refractivity contribution is 0.312. The van der Waals surface area contributed by atoms with Crippen molar-refractivity contribution in [2.45, 2.75) is 18.9 Å². The molecule has 1 aliphatic rings. The number of hydrogen-bond acceptors (Lipinski definition) is 4. The monoisotopic (exact) mass is 457 g/mol. The second kappa shape index (κ2) is 10.8. The van der Waals surface area contributed by atoms with E-state index in [9.17, 15) is 8.78 Å². The van der Waals surface area contributed by atoms with E-state index in [0.717, 1.165) is 42.9 Å². The number of rotatable bonds is 6. The summed E-state index contributed by atoms with van der Waals surface area (Å²) in [6.45, 7) is 3.44. The van der Waals surface area contributed by atoms with Gasteiger partial charge in [0.25, 0.3) is 0 Å². The molecule has 0 spiro atoms. The minimum Gasteiger partial charge on any atom is -0.301 e. The van der Waals surface area contributed by atoms with Crippen molar-refractivity contribution in [2.75, 3.05) is 19.6 Å². The highest BCUT2D eigenvalue weighted by atomic mass is 19.1. The fourth-order valence-electron chi connectivity index (χ4n) is 4.16. The molecule has 34 heavy (non-hydrogen) atoms. The summed E-state index contributed by atoms with van der Waals surface area (Å²) in [5.41, 5.74) is 2.67. The van der Waals surface area contributed by atoms with Crippen LogP contribution in [0.15, 0.2) is 72.9 Å².